The normalized spacial score (nSPS) is 12.2. The van der Waals surface area contributed by atoms with Crippen LogP contribution in [0.15, 0.2) is 30.9 Å². The zero-order chi connectivity index (χ0) is 13.4. The number of halogens is 1. The van der Waals surface area contributed by atoms with Gasteiger partial charge in [-0.15, -0.1) is 6.58 Å². The first-order valence-corrected chi connectivity index (χ1v) is 6.40. The molecule has 0 saturated heterocycles. The third-order valence-electron chi connectivity index (χ3n) is 2.48. The van der Waals surface area contributed by atoms with E-state index < -0.39 is 6.10 Å². The van der Waals surface area contributed by atoms with E-state index in [1.807, 2.05) is 19.1 Å². The van der Waals surface area contributed by atoms with Crippen molar-refractivity contribution < 1.29 is 9.84 Å². The molecule has 0 spiro atoms. The lowest BCUT2D eigenvalue weighted by Crippen LogP contribution is -2.31. The fourth-order valence-electron chi connectivity index (χ4n) is 1.43. The van der Waals surface area contributed by atoms with E-state index in [1.54, 1.807) is 12.1 Å². The third-order valence-corrected chi connectivity index (χ3v) is 2.90. The fraction of sp³-hybridized carbons (Fsp3) is 0.429. The Labute approximate surface area is 113 Å². The van der Waals surface area contributed by atoms with Gasteiger partial charge < -0.3 is 15.2 Å². The predicted octanol–water partition coefficient (Wildman–Crippen LogP) is 2.55. The monoisotopic (exact) mass is 269 g/mol. The number of rotatable bonds is 8. The molecule has 0 heterocycles. The van der Waals surface area contributed by atoms with Crippen LogP contribution in [0.1, 0.15) is 12.0 Å². The topological polar surface area (TPSA) is 41.5 Å². The maximum Gasteiger partial charge on any atom is 0.119 e. The Kier molecular flexibility index (Phi) is 6.80. The van der Waals surface area contributed by atoms with Crippen molar-refractivity contribution in [1.82, 2.24) is 5.32 Å². The van der Waals surface area contributed by atoms with Gasteiger partial charge in [-0.25, -0.2) is 0 Å². The highest BCUT2D eigenvalue weighted by Gasteiger charge is 2.05. The zero-order valence-electron chi connectivity index (χ0n) is 10.7. The lowest BCUT2D eigenvalue weighted by Gasteiger charge is -2.13. The summed E-state index contributed by atoms with van der Waals surface area (Å²) in [6, 6.07) is 5.45. The van der Waals surface area contributed by atoms with E-state index in [2.05, 4.69) is 11.9 Å². The summed E-state index contributed by atoms with van der Waals surface area (Å²) in [6.45, 7) is 7.15. The standard InChI is InChI=1S/C14H20ClNO2/c1-3-4-7-16-9-12(17)10-18-13-5-6-14(15)11(2)8-13/h3,5-6,8,12,16-17H,1,4,7,9-10H2,2H3. The number of ether oxygens (including phenoxy) is 1. The molecule has 0 fully saturated rings. The molecule has 1 unspecified atom stereocenters. The van der Waals surface area contributed by atoms with Gasteiger partial charge >= 0.3 is 0 Å². The van der Waals surface area contributed by atoms with Crippen LogP contribution < -0.4 is 10.1 Å². The van der Waals surface area contributed by atoms with E-state index in [0.29, 0.717) is 11.6 Å². The van der Waals surface area contributed by atoms with Crippen molar-refractivity contribution in [2.24, 2.45) is 0 Å². The Hall–Kier alpha value is -1.03. The van der Waals surface area contributed by atoms with E-state index in [0.717, 1.165) is 24.3 Å². The Morgan fingerprint density at radius 1 is 1.56 bits per heavy atom. The molecule has 1 rings (SSSR count). The molecule has 1 aromatic rings. The summed E-state index contributed by atoms with van der Waals surface area (Å²) in [6.07, 6.45) is 2.21. The predicted molar refractivity (Wildman–Crippen MR) is 75.4 cm³/mol. The molecule has 0 bridgehead atoms. The van der Waals surface area contributed by atoms with E-state index in [1.165, 1.54) is 0 Å². The van der Waals surface area contributed by atoms with Crippen molar-refractivity contribution in [3.63, 3.8) is 0 Å². The van der Waals surface area contributed by atoms with Gasteiger partial charge in [0.25, 0.3) is 0 Å². The summed E-state index contributed by atoms with van der Waals surface area (Å²) in [7, 11) is 0. The highest BCUT2D eigenvalue weighted by Crippen LogP contribution is 2.20. The van der Waals surface area contributed by atoms with Gasteiger partial charge in [-0.3, -0.25) is 0 Å². The first-order chi connectivity index (χ1) is 8.63. The molecule has 18 heavy (non-hydrogen) atoms. The maximum absolute atomic E-state index is 9.69. The summed E-state index contributed by atoms with van der Waals surface area (Å²) in [5.74, 6) is 0.724. The summed E-state index contributed by atoms with van der Waals surface area (Å²) in [4.78, 5) is 0. The van der Waals surface area contributed by atoms with Crippen molar-refractivity contribution >= 4 is 11.6 Å². The lowest BCUT2D eigenvalue weighted by molar-refractivity contribution is 0.106. The van der Waals surface area contributed by atoms with Gasteiger partial charge in [0.1, 0.15) is 18.5 Å². The number of aliphatic hydroxyl groups excluding tert-OH is 1. The molecule has 3 nitrogen and oxygen atoms in total. The van der Waals surface area contributed by atoms with Gasteiger partial charge in [0.15, 0.2) is 0 Å². The summed E-state index contributed by atoms with van der Waals surface area (Å²) in [5.41, 5.74) is 0.966. The van der Waals surface area contributed by atoms with Gasteiger partial charge in [-0.05, 0) is 43.7 Å². The summed E-state index contributed by atoms with van der Waals surface area (Å²) >= 11 is 5.92. The van der Waals surface area contributed by atoms with Gasteiger partial charge in [0.05, 0.1) is 0 Å². The van der Waals surface area contributed by atoms with Crippen LogP contribution >= 0.6 is 11.6 Å². The van der Waals surface area contributed by atoms with Crippen LogP contribution in [0.25, 0.3) is 0 Å². The molecule has 0 aliphatic heterocycles. The fourth-order valence-corrected chi connectivity index (χ4v) is 1.55. The summed E-state index contributed by atoms with van der Waals surface area (Å²) < 4.78 is 5.49. The Morgan fingerprint density at radius 3 is 3.00 bits per heavy atom. The van der Waals surface area contributed by atoms with Crippen LogP contribution in [-0.2, 0) is 0 Å². The quantitative estimate of drug-likeness (QED) is 0.563. The number of benzene rings is 1. The molecule has 0 radical (unpaired) electrons. The van der Waals surface area contributed by atoms with Gasteiger partial charge in [-0.2, -0.15) is 0 Å². The third kappa shape index (κ3) is 5.54. The van der Waals surface area contributed by atoms with Gasteiger partial charge in [-0.1, -0.05) is 17.7 Å². The second kappa shape index (κ2) is 8.14. The molecule has 0 saturated carbocycles. The second-order valence-electron chi connectivity index (χ2n) is 4.16. The molecule has 2 N–H and O–H groups in total. The lowest BCUT2D eigenvalue weighted by atomic mass is 10.2. The minimum Gasteiger partial charge on any atom is -0.491 e. The van der Waals surface area contributed by atoms with Crippen LogP contribution in [0.3, 0.4) is 0 Å². The van der Waals surface area contributed by atoms with Crippen LogP contribution in [-0.4, -0.2) is 30.9 Å². The van der Waals surface area contributed by atoms with E-state index in [4.69, 9.17) is 16.3 Å². The Bertz CT molecular complexity index is 382. The maximum atomic E-state index is 9.69. The number of aryl methyl sites for hydroxylation is 1. The SMILES string of the molecule is C=CCCNCC(O)COc1ccc(Cl)c(C)c1. The summed E-state index contributed by atoms with van der Waals surface area (Å²) in [5, 5.41) is 13.5. The minimum absolute atomic E-state index is 0.266. The highest BCUT2D eigenvalue weighted by molar-refractivity contribution is 6.31. The Morgan fingerprint density at radius 2 is 2.33 bits per heavy atom. The van der Waals surface area contributed by atoms with Gasteiger partial charge in [0.2, 0.25) is 0 Å². The van der Waals surface area contributed by atoms with Crippen molar-refractivity contribution in [2.75, 3.05) is 19.7 Å². The molecule has 0 aliphatic rings. The average Bonchev–Trinajstić information content (AvgIpc) is 2.36. The smallest absolute Gasteiger partial charge is 0.119 e. The van der Waals surface area contributed by atoms with Crippen molar-refractivity contribution in [2.45, 2.75) is 19.4 Å². The molecule has 0 amide bonds. The molecule has 0 aromatic heterocycles. The zero-order valence-corrected chi connectivity index (χ0v) is 11.4. The molecular formula is C14H20ClNO2. The first kappa shape index (κ1) is 15.0. The first-order valence-electron chi connectivity index (χ1n) is 6.02. The molecular weight excluding hydrogens is 250 g/mol. The minimum atomic E-state index is -0.522. The number of hydrogen-bond acceptors (Lipinski definition) is 3. The van der Waals surface area contributed by atoms with Crippen LogP contribution in [0.4, 0.5) is 0 Å². The molecule has 4 heteroatoms. The highest BCUT2D eigenvalue weighted by atomic mass is 35.5. The molecule has 1 atom stereocenters. The van der Waals surface area contributed by atoms with E-state index >= 15 is 0 Å². The Balaban J connectivity index is 2.26. The van der Waals surface area contributed by atoms with Crippen molar-refractivity contribution in [3.8, 4) is 5.75 Å². The average molecular weight is 270 g/mol. The number of nitrogens with one attached hydrogen (secondary N) is 1. The number of aliphatic hydroxyl groups is 1. The number of hydrogen-bond donors (Lipinski definition) is 2. The second-order valence-corrected chi connectivity index (χ2v) is 4.56. The molecule has 0 aliphatic carbocycles. The largest absolute Gasteiger partial charge is 0.491 e. The van der Waals surface area contributed by atoms with Crippen molar-refractivity contribution in [1.29, 1.82) is 0 Å². The van der Waals surface area contributed by atoms with Gasteiger partial charge in [0, 0.05) is 11.6 Å². The van der Waals surface area contributed by atoms with E-state index in [-0.39, 0.29) is 6.61 Å². The van der Waals surface area contributed by atoms with Crippen molar-refractivity contribution in [3.05, 3.63) is 41.4 Å². The van der Waals surface area contributed by atoms with Crippen LogP contribution in [0, 0.1) is 6.92 Å². The molecule has 100 valence electrons. The van der Waals surface area contributed by atoms with E-state index in [9.17, 15) is 5.11 Å². The van der Waals surface area contributed by atoms with Crippen LogP contribution in [0.2, 0.25) is 5.02 Å². The van der Waals surface area contributed by atoms with Crippen LogP contribution in [0.5, 0.6) is 5.75 Å². The molecule has 1 aromatic carbocycles.